The zero-order chi connectivity index (χ0) is 12.1. The van der Waals surface area contributed by atoms with E-state index >= 15 is 0 Å². The molecule has 1 atom stereocenters. The van der Waals surface area contributed by atoms with Gasteiger partial charge in [0.1, 0.15) is 0 Å². The Labute approximate surface area is 99.6 Å². The van der Waals surface area contributed by atoms with E-state index in [0.29, 0.717) is 0 Å². The SMILES string of the molecule is CC(N=C=O)c1cnn(Cc2ccccc2)c1. The number of hydrogen-bond acceptors (Lipinski definition) is 3. The minimum atomic E-state index is -0.183. The van der Waals surface area contributed by atoms with Crippen LogP contribution in [0.15, 0.2) is 47.7 Å². The van der Waals surface area contributed by atoms with Crippen molar-refractivity contribution in [2.75, 3.05) is 0 Å². The van der Waals surface area contributed by atoms with Gasteiger partial charge in [-0.1, -0.05) is 30.3 Å². The average molecular weight is 227 g/mol. The molecule has 1 heterocycles. The van der Waals surface area contributed by atoms with Crippen molar-refractivity contribution in [1.82, 2.24) is 9.78 Å². The summed E-state index contributed by atoms with van der Waals surface area (Å²) in [6.07, 6.45) is 5.19. The van der Waals surface area contributed by atoms with Gasteiger partial charge < -0.3 is 0 Å². The van der Waals surface area contributed by atoms with Crippen LogP contribution in [0.25, 0.3) is 0 Å². The fourth-order valence-electron chi connectivity index (χ4n) is 1.61. The normalized spacial score (nSPS) is 11.8. The van der Waals surface area contributed by atoms with E-state index in [1.807, 2.05) is 48.1 Å². The predicted octanol–water partition coefficient (Wildman–Crippen LogP) is 2.33. The van der Waals surface area contributed by atoms with E-state index in [-0.39, 0.29) is 6.04 Å². The number of aliphatic imine (C=N–C) groups is 1. The maximum absolute atomic E-state index is 10.2. The van der Waals surface area contributed by atoms with Gasteiger partial charge in [-0.25, -0.2) is 4.79 Å². The largest absolute Gasteiger partial charge is 0.268 e. The first-order valence-corrected chi connectivity index (χ1v) is 5.43. The third-order valence-electron chi connectivity index (χ3n) is 2.57. The molecule has 2 rings (SSSR count). The van der Waals surface area contributed by atoms with Crippen LogP contribution < -0.4 is 0 Å². The van der Waals surface area contributed by atoms with Crippen molar-refractivity contribution in [3.05, 3.63) is 53.9 Å². The van der Waals surface area contributed by atoms with Crippen LogP contribution in [0, 0.1) is 0 Å². The Kier molecular flexibility index (Phi) is 3.48. The highest BCUT2D eigenvalue weighted by Gasteiger charge is 2.06. The number of isocyanates is 1. The van der Waals surface area contributed by atoms with E-state index in [2.05, 4.69) is 10.1 Å². The molecule has 0 aliphatic heterocycles. The van der Waals surface area contributed by atoms with Crippen molar-refractivity contribution < 1.29 is 4.79 Å². The van der Waals surface area contributed by atoms with Crippen LogP contribution >= 0.6 is 0 Å². The second kappa shape index (κ2) is 5.23. The molecule has 0 spiro atoms. The summed E-state index contributed by atoms with van der Waals surface area (Å²) >= 11 is 0. The number of aromatic nitrogens is 2. The molecule has 1 aromatic heterocycles. The summed E-state index contributed by atoms with van der Waals surface area (Å²) in [6.45, 7) is 2.56. The lowest BCUT2D eigenvalue weighted by molar-refractivity contribution is 0.559. The fraction of sp³-hybridized carbons (Fsp3) is 0.231. The van der Waals surface area contributed by atoms with Crippen LogP contribution in [0.2, 0.25) is 0 Å². The maximum atomic E-state index is 10.2. The molecule has 4 heteroatoms. The Morgan fingerprint density at radius 2 is 2.18 bits per heavy atom. The van der Waals surface area contributed by atoms with Crippen molar-refractivity contribution in [2.45, 2.75) is 19.5 Å². The minimum absolute atomic E-state index is 0.183. The molecule has 0 saturated heterocycles. The summed E-state index contributed by atoms with van der Waals surface area (Å²) in [5, 5.41) is 4.24. The molecule has 0 radical (unpaired) electrons. The Morgan fingerprint density at radius 3 is 2.88 bits per heavy atom. The van der Waals surface area contributed by atoms with Gasteiger partial charge in [-0.2, -0.15) is 10.1 Å². The number of benzene rings is 1. The number of nitrogens with zero attached hydrogens (tertiary/aromatic N) is 3. The Balaban J connectivity index is 2.11. The monoisotopic (exact) mass is 227 g/mol. The van der Waals surface area contributed by atoms with Gasteiger partial charge in [-0.15, -0.1) is 0 Å². The molecule has 17 heavy (non-hydrogen) atoms. The van der Waals surface area contributed by atoms with Crippen molar-refractivity contribution in [3.63, 3.8) is 0 Å². The minimum Gasteiger partial charge on any atom is -0.268 e. The first-order valence-electron chi connectivity index (χ1n) is 5.43. The summed E-state index contributed by atoms with van der Waals surface area (Å²) in [5.74, 6) is 0. The first-order chi connectivity index (χ1) is 8.29. The predicted molar refractivity (Wildman–Crippen MR) is 64.3 cm³/mol. The van der Waals surface area contributed by atoms with Crippen LogP contribution in [0.4, 0.5) is 0 Å². The molecule has 86 valence electrons. The van der Waals surface area contributed by atoms with E-state index < -0.39 is 0 Å². The van der Waals surface area contributed by atoms with E-state index in [0.717, 1.165) is 12.1 Å². The number of rotatable bonds is 4. The van der Waals surface area contributed by atoms with Crippen LogP contribution in [0.5, 0.6) is 0 Å². The molecular formula is C13H13N3O. The van der Waals surface area contributed by atoms with Crippen molar-refractivity contribution in [1.29, 1.82) is 0 Å². The lowest BCUT2D eigenvalue weighted by atomic mass is 10.2. The second-order valence-electron chi connectivity index (χ2n) is 3.85. The third-order valence-corrected chi connectivity index (χ3v) is 2.57. The summed E-state index contributed by atoms with van der Waals surface area (Å²) in [4.78, 5) is 13.8. The molecule has 4 nitrogen and oxygen atoms in total. The first kappa shape index (κ1) is 11.3. The summed E-state index contributed by atoms with van der Waals surface area (Å²) in [6, 6.07) is 9.90. The van der Waals surface area contributed by atoms with Gasteiger partial charge in [0.25, 0.3) is 0 Å². The molecule has 1 unspecified atom stereocenters. The van der Waals surface area contributed by atoms with Crippen LogP contribution in [-0.4, -0.2) is 15.9 Å². The van der Waals surface area contributed by atoms with Gasteiger partial charge >= 0.3 is 0 Å². The Hall–Kier alpha value is -2.19. The van der Waals surface area contributed by atoms with Crippen molar-refractivity contribution in [3.8, 4) is 0 Å². The van der Waals surface area contributed by atoms with Gasteiger partial charge in [0.2, 0.25) is 6.08 Å². The van der Waals surface area contributed by atoms with E-state index in [1.165, 1.54) is 5.56 Å². The Morgan fingerprint density at radius 1 is 1.41 bits per heavy atom. The summed E-state index contributed by atoms with van der Waals surface area (Å²) in [5.41, 5.74) is 2.11. The highest BCUT2D eigenvalue weighted by atomic mass is 16.1. The molecule has 0 aliphatic carbocycles. The fourth-order valence-corrected chi connectivity index (χ4v) is 1.61. The van der Waals surface area contributed by atoms with Gasteiger partial charge in [0, 0.05) is 11.8 Å². The maximum Gasteiger partial charge on any atom is 0.235 e. The van der Waals surface area contributed by atoms with Crippen LogP contribution in [-0.2, 0) is 11.3 Å². The second-order valence-corrected chi connectivity index (χ2v) is 3.85. The highest BCUT2D eigenvalue weighted by Crippen LogP contribution is 2.15. The molecule has 0 amide bonds. The zero-order valence-electron chi connectivity index (χ0n) is 9.58. The standard InChI is InChI=1S/C13H13N3O/c1-11(14-10-17)13-7-15-16(9-13)8-12-5-3-2-4-6-12/h2-7,9,11H,8H2,1H3. The molecule has 0 saturated carbocycles. The highest BCUT2D eigenvalue weighted by molar-refractivity contribution is 5.34. The van der Waals surface area contributed by atoms with Gasteiger partial charge in [0.05, 0.1) is 18.8 Å². The smallest absolute Gasteiger partial charge is 0.235 e. The molecule has 0 aliphatic rings. The summed E-state index contributed by atoms with van der Waals surface area (Å²) in [7, 11) is 0. The van der Waals surface area contributed by atoms with Crippen molar-refractivity contribution >= 4 is 6.08 Å². The summed E-state index contributed by atoms with van der Waals surface area (Å²) < 4.78 is 1.83. The average Bonchev–Trinajstić information content (AvgIpc) is 2.79. The van der Waals surface area contributed by atoms with E-state index in [1.54, 1.807) is 12.3 Å². The van der Waals surface area contributed by atoms with Gasteiger partial charge in [-0.05, 0) is 12.5 Å². The quantitative estimate of drug-likeness (QED) is 0.594. The molecule has 0 fully saturated rings. The zero-order valence-corrected chi connectivity index (χ0v) is 9.58. The molecule has 2 aromatic rings. The van der Waals surface area contributed by atoms with Crippen LogP contribution in [0.3, 0.4) is 0 Å². The van der Waals surface area contributed by atoms with E-state index in [9.17, 15) is 4.79 Å². The molecule has 0 bridgehead atoms. The Bertz CT molecular complexity index is 527. The van der Waals surface area contributed by atoms with Gasteiger partial charge in [-0.3, -0.25) is 4.68 Å². The molecule has 0 N–H and O–H groups in total. The van der Waals surface area contributed by atoms with Crippen LogP contribution in [0.1, 0.15) is 24.1 Å². The van der Waals surface area contributed by atoms with Gasteiger partial charge in [0.15, 0.2) is 0 Å². The van der Waals surface area contributed by atoms with Crippen molar-refractivity contribution in [2.24, 2.45) is 4.99 Å². The lowest BCUT2D eigenvalue weighted by Gasteiger charge is -2.01. The number of hydrogen-bond donors (Lipinski definition) is 0. The number of carbonyl (C=O) groups excluding carboxylic acids is 1. The molecular weight excluding hydrogens is 214 g/mol. The lowest BCUT2D eigenvalue weighted by Crippen LogP contribution is -1.99. The third kappa shape index (κ3) is 2.89. The molecule has 1 aromatic carbocycles. The topological polar surface area (TPSA) is 47.2 Å². The van der Waals surface area contributed by atoms with E-state index in [4.69, 9.17) is 0 Å².